The number of nitrogens with zero attached hydrogens (tertiary/aromatic N) is 4. The molecule has 3 heterocycles. The van der Waals surface area contributed by atoms with E-state index >= 15 is 0 Å². The van der Waals surface area contributed by atoms with Crippen LogP contribution in [-0.4, -0.2) is 85.3 Å². The molecule has 3 saturated heterocycles. The number of hydrogen-bond acceptors (Lipinski definition) is 6. The van der Waals surface area contributed by atoms with Gasteiger partial charge in [0.05, 0.1) is 0 Å². The van der Waals surface area contributed by atoms with E-state index < -0.39 is 5.60 Å². The van der Waals surface area contributed by atoms with E-state index in [0.717, 1.165) is 44.0 Å². The van der Waals surface area contributed by atoms with Crippen molar-refractivity contribution in [2.75, 3.05) is 55.6 Å². The zero-order valence-corrected chi connectivity index (χ0v) is 19.2. The van der Waals surface area contributed by atoms with Crippen LogP contribution in [-0.2, 0) is 9.53 Å². The molecule has 0 aliphatic carbocycles. The lowest BCUT2D eigenvalue weighted by molar-refractivity contribution is -0.120. The number of urea groups is 1. The Bertz CT molecular complexity index is 858. The van der Waals surface area contributed by atoms with Crippen LogP contribution in [0.25, 0.3) is 0 Å². The van der Waals surface area contributed by atoms with Crippen LogP contribution < -0.4 is 15.1 Å². The Balaban J connectivity index is 1.28. The fraction of sp³-hybridized carbons (Fsp3) is 0.609. The number of carbonyl (C=O) groups excluding carboxylic acids is 3. The van der Waals surface area contributed by atoms with Crippen LogP contribution in [0, 0.1) is 0 Å². The van der Waals surface area contributed by atoms with E-state index in [2.05, 4.69) is 15.1 Å². The summed E-state index contributed by atoms with van der Waals surface area (Å²) in [5, 5.41) is 2.36. The molecule has 0 spiro atoms. The molecule has 4 amide bonds. The molecule has 0 bridgehead atoms. The van der Waals surface area contributed by atoms with E-state index in [0.29, 0.717) is 32.1 Å². The molecule has 32 heavy (non-hydrogen) atoms. The summed E-state index contributed by atoms with van der Waals surface area (Å²) in [4.78, 5) is 43.9. The fourth-order valence-corrected chi connectivity index (χ4v) is 4.52. The lowest BCUT2D eigenvalue weighted by atomic mass is 10.2. The minimum Gasteiger partial charge on any atom is -0.444 e. The molecule has 3 aliphatic rings. The van der Waals surface area contributed by atoms with Crippen molar-refractivity contribution in [3.8, 4) is 0 Å². The van der Waals surface area contributed by atoms with E-state index in [9.17, 15) is 14.4 Å². The lowest BCUT2D eigenvalue weighted by Crippen LogP contribution is -2.53. The van der Waals surface area contributed by atoms with E-state index in [1.807, 2.05) is 45.0 Å². The van der Waals surface area contributed by atoms with Crippen LogP contribution in [0.5, 0.6) is 0 Å². The van der Waals surface area contributed by atoms with Crippen LogP contribution in [0.3, 0.4) is 0 Å². The third kappa shape index (κ3) is 5.15. The number of ether oxygens (including phenoxy) is 1. The van der Waals surface area contributed by atoms with Gasteiger partial charge in [-0.1, -0.05) is 0 Å². The monoisotopic (exact) mass is 443 g/mol. The molecule has 1 unspecified atom stereocenters. The van der Waals surface area contributed by atoms with Crippen LogP contribution in [0.2, 0.25) is 0 Å². The number of rotatable bonds is 3. The zero-order valence-electron chi connectivity index (χ0n) is 19.2. The molecule has 9 heteroatoms. The van der Waals surface area contributed by atoms with Crippen molar-refractivity contribution in [3.63, 3.8) is 0 Å². The first-order valence-electron chi connectivity index (χ1n) is 11.4. The van der Waals surface area contributed by atoms with Crippen LogP contribution in [0.4, 0.5) is 21.0 Å². The maximum atomic E-state index is 12.3. The highest BCUT2D eigenvalue weighted by Gasteiger charge is 2.32. The maximum Gasteiger partial charge on any atom is 0.410 e. The van der Waals surface area contributed by atoms with Gasteiger partial charge in [-0.05, 0) is 51.5 Å². The predicted molar refractivity (Wildman–Crippen MR) is 122 cm³/mol. The Morgan fingerprint density at radius 1 is 0.969 bits per heavy atom. The fourth-order valence-electron chi connectivity index (χ4n) is 4.52. The van der Waals surface area contributed by atoms with Gasteiger partial charge < -0.3 is 14.5 Å². The maximum absolute atomic E-state index is 12.3. The van der Waals surface area contributed by atoms with Crippen LogP contribution in [0.15, 0.2) is 24.3 Å². The van der Waals surface area contributed by atoms with Gasteiger partial charge in [0.15, 0.2) is 0 Å². The Kier molecular flexibility index (Phi) is 6.28. The van der Waals surface area contributed by atoms with Crippen molar-refractivity contribution in [2.45, 2.75) is 45.3 Å². The van der Waals surface area contributed by atoms with Crippen molar-refractivity contribution in [3.05, 3.63) is 24.3 Å². The number of piperazine rings is 1. The summed E-state index contributed by atoms with van der Waals surface area (Å²) >= 11 is 0. The second-order valence-corrected chi connectivity index (χ2v) is 9.66. The predicted octanol–water partition coefficient (Wildman–Crippen LogP) is 2.26. The van der Waals surface area contributed by atoms with Crippen molar-refractivity contribution in [2.24, 2.45) is 0 Å². The number of hydrogen-bond donors (Lipinski definition) is 1. The molecule has 9 nitrogen and oxygen atoms in total. The largest absolute Gasteiger partial charge is 0.444 e. The van der Waals surface area contributed by atoms with Gasteiger partial charge in [0, 0.05) is 69.7 Å². The summed E-state index contributed by atoms with van der Waals surface area (Å²) in [6.45, 7) is 11.1. The molecule has 3 aliphatic heterocycles. The molecular weight excluding hydrogens is 410 g/mol. The number of amides is 4. The van der Waals surface area contributed by atoms with E-state index in [1.165, 1.54) is 0 Å². The second-order valence-electron chi connectivity index (χ2n) is 9.66. The highest BCUT2D eigenvalue weighted by atomic mass is 16.6. The number of nitrogens with one attached hydrogen (secondary N) is 1. The normalized spacial score (nSPS) is 22.8. The third-order valence-electron chi connectivity index (χ3n) is 6.23. The highest BCUT2D eigenvalue weighted by Crippen LogP contribution is 2.27. The minimum atomic E-state index is -0.467. The standard InChI is InChI=1S/C23H33N5O4/c1-23(2,3)32-22(31)26-14-12-25(13-15-26)19-8-10-27(16-19)17-4-6-18(7-5-17)28-11-9-20(29)24-21(28)30/h4-7,19H,8-16H2,1-3H3,(H,24,29,30). The summed E-state index contributed by atoms with van der Waals surface area (Å²) in [7, 11) is 0. The first-order valence-corrected chi connectivity index (χ1v) is 11.4. The Morgan fingerprint density at radius 3 is 2.25 bits per heavy atom. The summed E-state index contributed by atoms with van der Waals surface area (Å²) in [6, 6.07) is 8.08. The van der Waals surface area contributed by atoms with Gasteiger partial charge in [-0.2, -0.15) is 0 Å². The average Bonchev–Trinajstić information content (AvgIpc) is 3.23. The molecule has 1 atom stereocenters. The molecule has 1 aromatic carbocycles. The average molecular weight is 444 g/mol. The van der Waals surface area contributed by atoms with Gasteiger partial charge in [0.25, 0.3) is 0 Å². The molecule has 3 fully saturated rings. The smallest absolute Gasteiger partial charge is 0.410 e. The van der Waals surface area contributed by atoms with Crippen molar-refractivity contribution >= 4 is 29.4 Å². The SMILES string of the molecule is CC(C)(C)OC(=O)N1CCN(C2CCN(c3ccc(N4CCC(=O)NC4=O)cc3)C2)CC1. The molecule has 0 saturated carbocycles. The van der Waals surface area contributed by atoms with Crippen LogP contribution in [0.1, 0.15) is 33.6 Å². The summed E-state index contributed by atoms with van der Waals surface area (Å²) in [5.74, 6) is -0.224. The quantitative estimate of drug-likeness (QED) is 0.771. The minimum absolute atomic E-state index is 0.224. The topological polar surface area (TPSA) is 85.4 Å². The molecular formula is C23H33N5O4. The van der Waals surface area contributed by atoms with Gasteiger partial charge in [-0.15, -0.1) is 0 Å². The summed E-state index contributed by atoms with van der Waals surface area (Å²) in [6.07, 6.45) is 1.19. The molecule has 174 valence electrons. The van der Waals surface area contributed by atoms with Crippen molar-refractivity contribution in [1.29, 1.82) is 0 Å². The zero-order chi connectivity index (χ0) is 22.9. The van der Waals surface area contributed by atoms with Crippen LogP contribution >= 0.6 is 0 Å². The van der Waals surface area contributed by atoms with E-state index in [1.54, 1.807) is 9.80 Å². The number of benzene rings is 1. The van der Waals surface area contributed by atoms with Crippen molar-refractivity contribution < 1.29 is 19.1 Å². The Labute approximate surface area is 189 Å². The van der Waals surface area contributed by atoms with Gasteiger partial charge in [0.2, 0.25) is 5.91 Å². The van der Waals surface area contributed by atoms with Gasteiger partial charge in [0.1, 0.15) is 5.60 Å². The van der Waals surface area contributed by atoms with Crippen molar-refractivity contribution in [1.82, 2.24) is 15.1 Å². The lowest BCUT2D eigenvalue weighted by Gasteiger charge is -2.38. The number of imide groups is 1. The number of carbonyl (C=O) groups is 3. The highest BCUT2D eigenvalue weighted by molar-refractivity contribution is 6.05. The second kappa shape index (κ2) is 8.97. The molecule has 1 N–H and O–H groups in total. The molecule has 0 aromatic heterocycles. The molecule has 1 aromatic rings. The van der Waals surface area contributed by atoms with Gasteiger partial charge >= 0.3 is 12.1 Å². The number of anilines is 2. The molecule has 0 radical (unpaired) electrons. The van der Waals surface area contributed by atoms with E-state index in [-0.39, 0.29) is 18.0 Å². The first-order chi connectivity index (χ1) is 15.2. The first kappa shape index (κ1) is 22.4. The van der Waals surface area contributed by atoms with E-state index in [4.69, 9.17) is 4.74 Å². The summed E-state index contributed by atoms with van der Waals surface area (Å²) < 4.78 is 5.49. The Morgan fingerprint density at radius 2 is 1.62 bits per heavy atom. The third-order valence-corrected chi connectivity index (χ3v) is 6.23. The van der Waals surface area contributed by atoms with Gasteiger partial charge in [-0.25, -0.2) is 9.59 Å². The Hall–Kier alpha value is -2.81. The molecule has 4 rings (SSSR count). The van der Waals surface area contributed by atoms with Gasteiger partial charge in [-0.3, -0.25) is 19.9 Å². The summed E-state index contributed by atoms with van der Waals surface area (Å²) in [5.41, 5.74) is 1.47.